The van der Waals surface area contributed by atoms with Crippen LogP contribution in [0.15, 0.2) is 0 Å². The fourth-order valence-electron chi connectivity index (χ4n) is 1.80. The van der Waals surface area contributed by atoms with E-state index in [4.69, 9.17) is 4.74 Å². The maximum Gasteiger partial charge on any atom is 0.134 e. The molecule has 0 fully saturated rings. The molecule has 0 saturated carbocycles. The predicted molar refractivity (Wildman–Crippen MR) is 79.9 cm³/mol. The van der Waals surface area contributed by atoms with E-state index in [0.717, 1.165) is 49.0 Å². The Morgan fingerprint density at radius 3 is 2.47 bits per heavy atom. The van der Waals surface area contributed by atoms with Crippen LogP contribution in [0.3, 0.4) is 0 Å². The van der Waals surface area contributed by atoms with E-state index in [1.165, 1.54) is 0 Å². The van der Waals surface area contributed by atoms with Crippen LogP contribution in [-0.4, -0.2) is 36.3 Å². The van der Waals surface area contributed by atoms with E-state index in [0.29, 0.717) is 6.04 Å². The van der Waals surface area contributed by atoms with E-state index in [1.54, 1.807) is 7.11 Å². The second kappa shape index (κ2) is 7.94. The molecule has 5 nitrogen and oxygen atoms in total. The second-order valence-corrected chi connectivity index (χ2v) is 4.67. The monoisotopic (exact) mass is 266 g/mol. The van der Waals surface area contributed by atoms with Crippen LogP contribution < -0.4 is 10.6 Å². The highest BCUT2D eigenvalue weighted by molar-refractivity contribution is 5.57. The van der Waals surface area contributed by atoms with Gasteiger partial charge in [-0.2, -0.15) is 0 Å². The molecule has 0 aromatic carbocycles. The number of hydrogen-bond acceptors (Lipinski definition) is 5. The summed E-state index contributed by atoms with van der Waals surface area (Å²) in [5, 5.41) is 6.74. The van der Waals surface area contributed by atoms with Gasteiger partial charge in [0.1, 0.15) is 17.5 Å². The van der Waals surface area contributed by atoms with Gasteiger partial charge in [-0.05, 0) is 27.2 Å². The third-order valence-electron chi connectivity index (χ3n) is 2.99. The Morgan fingerprint density at radius 2 is 1.89 bits per heavy atom. The minimum absolute atomic E-state index is 0.327. The van der Waals surface area contributed by atoms with E-state index in [-0.39, 0.29) is 0 Å². The van der Waals surface area contributed by atoms with Crippen LogP contribution in [0, 0.1) is 6.92 Å². The first-order valence-electron chi connectivity index (χ1n) is 6.99. The van der Waals surface area contributed by atoms with Gasteiger partial charge in [-0.15, -0.1) is 0 Å². The maximum atomic E-state index is 5.10. The number of nitrogens with one attached hydrogen (secondary N) is 2. The second-order valence-electron chi connectivity index (χ2n) is 4.67. The Labute approximate surface area is 116 Å². The smallest absolute Gasteiger partial charge is 0.134 e. The molecule has 0 spiro atoms. The van der Waals surface area contributed by atoms with Crippen molar-refractivity contribution < 1.29 is 4.74 Å². The maximum absolute atomic E-state index is 5.10. The third kappa shape index (κ3) is 4.67. The van der Waals surface area contributed by atoms with Crippen molar-refractivity contribution in [2.45, 2.75) is 46.6 Å². The third-order valence-corrected chi connectivity index (χ3v) is 2.99. The van der Waals surface area contributed by atoms with Crippen molar-refractivity contribution in [2.24, 2.45) is 0 Å². The van der Waals surface area contributed by atoms with Crippen LogP contribution in [0.1, 0.15) is 38.6 Å². The Balaban J connectivity index is 2.88. The molecular weight excluding hydrogens is 240 g/mol. The highest BCUT2D eigenvalue weighted by Gasteiger charge is 2.11. The quantitative estimate of drug-likeness (QED) is 0.757. The van der Waals surface area contributed by atoms with Gasteiger partial charge in [0.2, 0.25) is 0 Å². The van der Waals surface area contributed by atoms with Crippen molar-refractivity contribution in [3.05, 3.63) is 11.4 Å². The highest BCUT2D eigenvalue weighted by atomic mass is 16.5. The van der Waals surface area contributed by atoms with Gasteiger partial charge in [0, 0.05) is 38.3 Å². The molecule has 0 radical (unpaired) electrons. The number of anilines is 2. The number of aryl methyl sites for hydroxylation is 1. The molecule has 2 N–H and O–H groups in total. The summed E-state index contributed by atoms with van der Waals surface area (Å²) in [6.07, 6.45) is 1.79. The Hall–Kier alpha value is -1.36. The van der Waals surface area contributed by atoms with Crippen molar-refractivity contribution in [3.63, 3.8) is 0 Å². The van der Waals surface area contributed by atoms with Gasteiger partial charge >= 0.3 is 0 Å². The van der Waals surface area contributed by atoms with Crippen LogP contribution in [-0.2, 0) is 11.2 Å². The molecule has 0 saturated heterocycles. The first kappa shape index (κ1) is 15.7. The van der Waals surface area contributed by atoms with Crippen molar-refractivity contribution in [1.82, 2.24) is 9.97 Å². The van der Waals surface area contributed by atoms with E-state index in [9.17, 15) is 0 Å². The van der Waals surface area contributed by atoms with Gasteiger partial charge in [-0.25, -0.2) is 9.97 Å². The molecule has 0 aliphatic heterocycles. The highest BCUT2D eigenvalue weighted by Crippen LogP contribution is 2.21. The zero-order chi connectivity index (χ0) is 14.3. The van der Waals surface area contributed by atoms with Crippen molar-refractivity contribution >= 4 is 11.6 Å². The van der Waals surface area contributed by atoms with Crippen LogP contribution in [0.25, 0.3) is 0 Å². The Bertz CT molecular complexity index is 395. The van der Waals surface area contributed by atoms with Gasteiger partial charge in [-0.3, -0.25) is 0 Å². The van der Waals surface area contributed by atoms with Crippen LogP contribution in [0.4, 0.5) is 11.6 Å². The lowest BCUT2D eigenvalue weighted by atomic mass is 10.2. The number of hydrogen-bond donors (Lipinski definition) is 2. The fourth-order valence-corrected chi connectivity index (χ4v) is 1.80. The van der Waals surface area contributed by atoms with Crippen LogP contribution in [0.2, 0.25) is 0 Å². The van der Waals surface area contributed by atoms with Crippen molar-refractivity contribution in [2.75, 3.05) is 30.9 Å². The van der Waals surface area contributed by atoms with Crippen LogP contribution >= 0.6 is 0 Å². The standard InChI is InChI=1S/C14H26N4O/c1-6-12-17-13(15-7-2)11(4)14(18-12)16-10(3)8-9-19-5/h10H,6-9H2,1-5H3,(H2,15,16,17,18). The fraction of sp³-hybridized carbons (Fsp3) is 0.714. The molecule has 5 heteroatoms. The van der Waals surface area contributed by atoms with Crippen molar-refractivity contribution in [1.29, 1.82) is 0 Å². The summed E-state index contributed by atoms with van der Waals surface area (Å²) >= 11 is 0. The molecule has 0 aliphatic rings. The molecule has 0 amide bonds. The molecule has 108 valence electrons. The van der Waals surface area contributed by atoms with E-state index < -0.39 is 0 Å². The first-order valence-corrected chi connectivity index (χ1v) is 6.99. The molecule has 1 aromatic rings. The lowest BCUT2D eigenvalue weighted by Gasteiger charge is -2.18. The molecule has 1 atom stereocenters. The lowest BCUT2D eigenvalue weighted by molar-refractivity contribution is 0.191. The van der Waals surface area contributed by atoms with Crippen molar-refractivity contribution in [3.8, 4) is 0 Å². The number of nitrogens with zero attached hydrogens (tertiary/aromatic N) is 2. The molecule has 1 aromatic heterocycles. The number of rotatable bonds is 8. The summed E-state index contributed by atoms with van der Waals surface area (Å²) in [4.78, 5) is 9.10. The van der Waals surface area contributed by atoms with Crippen LogP contribution in [0.5, 0.6) is 0 Å². The molecule has 1 rings (SSSR count). The topological polar surface area (TPSA) is 59.1 Å². The van der Waals surface area contributed by atoms with Gasteiger partial charge in [0.15, 0.2) is 0 Å². The largest absolute Gasteiger partial charge is 0.385 e. The lowest BCUT2D eigenvalue weighted by Crippen LogP contribution is -2.20. The van der Waals surface area contributed by atoms with Gasteiger partial charge < -0.3 is 15.4 Å². The SMILES string of the molecule is CCNc1nc(CC)nc(NC(C)CCOC)c1C. The first-order chi connectivity index (χ1) is 9.12. The van der Waals surface area contributed by atoms with E-state index in [1.807, 2.05) is 6.92 Å². The minimum Gasteiger partial charge on any atom is -0.385 e. The molecule has 1 unspecified atom stereocenters. The number of methoxy groups -OCH3 is 1. The van der Waals surface area contributed by atoms with E-state index in [2.05, 4.69) is 41.4 Å². The van der Waals surface area contributed by atoms with Gasteiger partial charge in [-0.1, -0.05) is 6.92 Å². The Kier molecular flexibility index (Phi) is 6.56. The van der Waals surface area contributed by atoms with E-state index >= 15 is 0 Å². The minimum atomic E-state index is 0.327. The summed E-state index contributed by atoms with van der Waals surface area (Å²) < 4.78 is 5.10. The number of ether oxygens (including phenoxy) is 1. The predicted octanol–water partition coefficient (Wildman–Crippen LogP) is 2.62. The summed E-state index contributed by atoms with van der Waals surface area (Å²) in [5.41, 5.74) is 1.07. The molecule has 1 heterocycles. The molecule has 0 aliphatic carbocycles. The summed E-state index contributed by atoms with van der Waals surface area (Å²) in [7, 11) is 1.72. The van der Waals surface area contributed by atoms with Gasteiger partial charge in [0.05, 0.1) is 0 Å². The molecule has 0 bridgehead atoms. The Morgan fingerprint density at radius 1 is 1.21 bits per heavy atom. The molecule has 19 heavy (non-hydrogen) atoms. The number of aromatic nitrogens is 2. The summed E-state index contributed by atoms with van der Waals surface area (Å²) in [6.45, 7) is 9.93. The average molecular weight is 266 g/mol. The normalized spacial score (nSPS) is 12.3. The summed E-state index contributed by atoms with van der Waals surface area (Å²) in [5.74, 6) is 2.71. The summed E-state index contributed by atoms with van der Waals surface area (Å²) in [6, 6.07) is 0.327. The van der Waals surface area contributed by atoms with Gasteiger partial charge in [0.25, 0.3) is 0 Å². The molecular formula is C14H26N4O. The average Bonchev–Trinajstić information content (AvgIpc) is 2.41. The zero-order valence-corrected chi connectivity index (χ0v) is 12.7. The zero-order valence-electron chi connectivity index (χ0n) is 12.7.